The van der Waals surface area contributed by atoms with Crippen molar-refractivity contribution >= 4 is 43.5 Å². The Morgan fingerprint density at radius 3 is 2.32 bits per heavy atom. The molecule has 5 aliphatic rings. The molecule has 0 spiro atoms. The number of nitrogens with one attached hydrogen (secondary N) is 1. The van der Waals surface area contributed by atoms with Gasteiger partial charge in [-0.25, -0.2) is 4.98 Å². The average molecular weight is 592 g/mol. The molecule has 13 nitrogen and oxygen atoms in total. The van der Waals surface area contributed by atoms with Crippen LogP contribution >= 0.6 is 26.6 Å². The lowest BCUT2D eigenvalue weighted by molar-refractivity contribution is -0.0354. The van der Waals surface area contributed by atoms with E-state index in [4.69, 9.17) is 26.1 Å². The van der Waals surface area contributed by atoms with Crippen LogP contribution in [-0.4, -0.2) is 80.8 Å². The highest BCUT2D eigenvalue weighted by molar-refractivity contribution is 7.72. The van der Waals surface area contributed by atoms with Gasteiger partial charge in [0.25, 0.3) is 0 Å². The highest BCUT2D eigenvalue weighted by Crippen LogP contribution is 2.56. The fraction of sp³-hybridized carbons (Fsp3) is 0.773. The highest BCUT2D eigenvalue weighted by atomic mass is 35.5. The summed E-state index contributed by atoms with van der Waals surface area (Å²) >= 11 is 6.30. The number of rotatable bonds is 8. The first-order valence-electron chi connectivity index (χ1n) is 12.9. The van der Waals surface area contributed by atoms with E-state index in [0.29, 0.717) is 28.8 Å². The summed E-state index contributed by atoms with van der Waals surface area (Å²) in [6.45, 7) is 0. The zero-order chi connectivity index (χ0) is 27.0. The molecule has 4 aliphatic carbocycles. The molecule has 38 heavy (non-hydrogen) atoms. The number of hydrogen-bond donors (Lipinski definition) is 6. The summed E-state index contributed by atoms with van der Waals surface area (Å²) < 4.78 is 30.6. The van der Waals surface area contributed by atoms with E-state index in [2.05, 4.69) is 20.3 Å². The Balaban J connectivity index is 1.21. The second-order valence-corrected chi connectivity index (χ2v) is 16.4. The number of ether oxygens (including phenoxy) is 1. The molecule has 210 valence electrons. The number of aliphatic hydroxyl groups excluding tert-OH is 2. The molecular weight excluding hydrogens is 560 g/mol. The highest BCUT2D eigenvalue weighted by Gasteiger charge is 2.49. The largest absolute Gasteiger partial charge is 0.388 e. The molecule has 16 heteroatoms. The van der Waals surface area contributed by atoms with Crippen LogP contribution in [0.15, 0.2) is 6.33 Å². The minimum atomic E-state index is -4.70. The lowest BCUT2D eigenvalue weighted by atomic mass is 9.54. The quantitative estimate of drug-likeness (QED) is 0.193. The van der Waals surface area contributed by atoms with E-state index in [1.54, 1.807) is 0 Å². The third-order valence-corrected chi connectivity index (χ3v) is 13.1. The molecule has 6 N–H and O–H groups in total. The summed E-state index contributed by atoms with van der Waals surface area (Å²) in [5.41, 5.74) is 0.765. The smallest absolute Gasteiger partial charge is 0.335 e. The third kappa shape index (κ3) is 5.18. The summed E-state index contributed by atoms with van der Waals surface area (Å²) in [4.78, 5) is 41.2. The van der Waals surface area contributed by atoms with Crippen molar-refractivity contribution in [3.63, 3.8) is 0 Å². The van der Waals surface area contributed by atoms with Gasteiger partial charge in [0.1, 0.15) is 18.1 Å². The van der Waals surface area contributed by atoms with Crippen molar-refractivity contribution in [1.82, 2.24) is 19.5 Å². The topological polar surface area (TPSA) is 200 Å². The Bertz CT molecular complexity index is 1290. The zero-order valence-corrected chi connectivity index (χ0v) is 23.0. The predicted octanol–water partition coefficient (Wildman–Crippen LogP) is 2.13. The number of aromatic nitrogens is 4. The second kappa shape index (κ2) is 9.75. The minimum absolute atomic E-state index is 0.00573. The SMILES string of the molecule is O=P(O)(O)CP(=O)(O)CC[C@H]1O[C@@H](n2cnc3c(N[C@H]4C5CC6CC(C5)C[C@@H]4C6)nc(Cl)nc32)C(O)C1O. The lowest BCUT2D eigenvalue weighted by Gasteiger charge is -2.54. The molecule has 3 unspecified atom stereocenters. The van der Waals surface area contributed by atoms with Crippen LogP contribution in [0.2, 0.25) is 5.28 Å². The molecule has 3 heterocycles. The maximum absolute atomic E-state index is 12.2. The fourth-order valence-electron chi connectivity index (χ4n) is 7.38. The summed E-state index contributed by atoms with van der Waals surface area (Å²) in [5.74, 6) is 2.17. The number of hydrogen-bond acceptors (Lipinski definition) is 9. The molecular formula is C22H32ClN5O8P2. The van der Waals surface area contributed by atoms with Gasteiger partial charge >= 0.3 is 7.60 Å². The van der Waals surface area contributed by atoms with Crippen LogP contribution in [0.5, 0.6) is 0 Å². The van der Waals surface area contributed by atoms with E-state index in [1.165, 1.54) is 43.0 Å². The minimum Gasteiger partial charge on any atom is -0.388 e. The first kappa shape index (κ1) is 27.1. The van der Waals surface area contributed by atoms with E-state index >= 15 is 0 Å². The van der Waals surface area contributed by atoms with Crippen LogP contribution in [0.1, 0.15) is 44.8 Å². The molecule has 4 bridgehead atoms. The van der Waals surface area contributed by atoms with Gasteiger partial charge in [-0.2, -0.15) is 9.97 Å². The normalized spacial score (nSPS) is 38.1. The molecule has 1 aliphatic heterocycles. The number of halogens is 1. The summed E-state index contributed by atoms with van der Waals surface area (Å²) in [6, 6.07) is 0.281. The Morgan fingerprint density at radius 1 is 1.03 bits per heavy atom. The van der Waals surface area contributed by atoms with E-state index in [9.17, 15) is 24.2 Å². The molecule has 5 atom stereocenters. The molecule has 4 saturated carbocycles. The number of imidazole rings is 1. The predicted molar refractivity (Wildman–Crippen MR) is 137 cm³/mol. The van der Waals surface area contributed by atoms with Gasteiger partial charge in [-0.1, -0.05) is 0 Å². The summed E-state index contributed by atoms with van der Waals surface area (Å²) in [7, 11) is -8.87. The number of nitrogens with zero attached hydrogens (tertiary/aromatic N) is 4. The third-order valence-electron chi connectivity index (χ3n) is 8.70. The van der Waals surface area contributed by atoms with Gasteiger partial charge in [-0.15, -0.1) is 0 Å². The molecule has 0 radical (unpaired) electrons. The fourth-order valence-corrected chi connectivity index (χ4v) is 11.1. The molecule has 7 rings (SSSR count). The lowest BCUT2D eigenvalue weighted by Crippen LogP contribution is -2.51. The monoisotopic (exact) mass is 591 g/mol. The van der Waals surface area contributed by atoms with Crippen molar-refractivity contribution < 1.29 is 38.8 Å². The van der Waals surface area contributed by atoms with Gasteiger partial charge < -0.3 is 34.9 Å². The Hall–Kier alpha value is -1.14. The molecule has 2 aromatic rings. The van der Waals surface area contributed by atoms with Crippen LogP contribution in [-0.2, 0) is 13.9 Å². The van der Waals surface area contributed by atoms with Crippen molar-refractivity contribution in [2.24, 2.45) is 23.7 Å². The van der Waals surface area contributed by atoms with Gasteiger partial charge in [0, 0.05) is 12.2 Å². The maximum atomic E-state index is 12.2. The van der Waals surface area contributed by atoms with Gasteiger partial charge in [-0.3, -0.25) is 13.7 Å². The van der Waals surface area contributed by atoms with Gasteiger partial charge in [0.2, 0.25) is 12.7 Å². The first-order valence-corrected chi connectivity index (χ1v) is 17.1. The Labute approximate surface area is 223 Å². The zero-order valence-electron chi connectivity index (χ0n) is 20.5. The molecule has 5 fully saturated rings. The Kier molecular flexibility index (Phi) is 6.94. The van der Waals surface area contributed by atoms with Crippen molar-refractivity contribution in [3.05, 3.63) is 11.6 Å². The Morgan fingerprint density at radius 2 is 1.68 bits per heavy atom. The van der Waals surface area contributed by atoms with Crippen molar-refractivity contribution in [2.45, 2.75) is 69.1 Å². The van der Waals surface area contributed by atoms with Crippen molar-refractivity contribution in [3.8, 4) is 0 Å². The summed E-state index contributed by atoms with van der Waals surface area (Å²) in [6.07, 6.45) is 2.00. The van der Waals surface area contributed by atoms with E-state index < -0.39 is 51.6 Å². The number of aliphatic hydroxyl groups is 2. The van der Waals surface area contributed by atoms with Crippen molar-refractivity contribution in [1.29, 1.82) is 0 Å². The van der Waals surface area contributed by atoms with Crippen LogP contribution < -0.4 is 5.32 Å². The van der Waals surface area contributed by atoms with Crippen LogP contribution in [0.25, 0.3) is 11.2 Å². The number of fused-ring (bicyclic) bond motifs is 1. The summed E-state index contributed by atoms with van der Waals surface area (Å²) in [5, 5.41) is 24.9. The first-order chi connectivity index (χ1) is 17.9. The van der Waals surface area contributed by atoms with Gasteiger partial charge in [-0.05, 0) is 73.8 Å². The van der Waals surface area contributed by atoms with Crippen molar-refractivity contribution in [2.75, 3.05) is 17.4 Å². The standard InChI is InChI=1S/C22H32ClN5O8P2/c23-22-26-19(25-15-12-4-10-3-11(6-12)7-13(15)5-10)16-20(27-22)28(8-24-16)21-18(30)17(29)14(36-21)1-2-37(31,32)9-38(33,34)35/h8,10-15,17-18,21,29-30H,1-7,9H2,(H,31,32)(H,25,26,27)(H2,33,34,35)/t10?,11?,12-,13?,14-,15-,17?,18?,21-/m1/s1. The second-order valence-electron chi connectivity index (χ2n) is 11.5. The molecule has 2 aromatic heterocycles. The van der Waals surface area contributed by atoms with Crippen LogP contribution in [0.4, 0.5) is 5.82 Å². The average Bonchev–Trinajstić information content (AvgIpc) is 3.33. The van der Waals surface area contributed by atoms with Gasteiger partial charge in [0.05, 0.1) is 12.4 Å². The molecule has 0 amide bonds. The van der Waals surface area contributed by atoms with E-state index in [1.807, 2.05) is 0 Å². The number of anilines is 1. The van der Waals surface area contributed by atoms with Crippen LogP contribution in [0, 0.1) is 23.7 Å². The van der Waals surface area contributed by atoms with E-state index in [-0.39, 0.29) is 17.7 Å². The molecule has 1 saturated heterocycles. The van der Waals surface area contributed by atoms with Crippen LogP contribution in [0.3, 0.4) is 0 Å². The molecule has 0 aromatic carbocycles. The van der Waals surface area contributed by atoms with E-state index in [0.717, 1.165) is 11.8 Å². The maximum Gasteiger partial charge on any atom is 0.335 e. The van der Waals surface area contributed by atoms with Gasteiger partial charge in [0.15, 0.2) is 23.2 Å².